The molecule has 0 aliphatic rings. The van der Waals surface area contributed by atoms with Gasteiger partial charge in [0, 0.05) is 29.8 Å². The minimum absolute atomic E-state index is 0.0509. The van der Waals surface area contributed by atoms with Crippen LogP contribution in [-0.2, 0) is 20.8 Å². The van der Waals surface area contributed by atoms with Crippen LogP contribution in [0, 0.1) is 20.8 Å². The lowest BCUT2D eigenvalue weighted by molar-refractivity contribution is -0.137. The van der Waals surface area contributed by atoms with E-state index in [1.165, 1.54) is 0 Å². The zero-order valence-electron chi connectivity index (χ0n) is 19.2. The molecule has 0 radical (unpaired) electrons. The molecule has 3 rings (SSSR count). The maximum Gasteiger partial charge on any atom is 0.340 e. The molecular formula is C24H28N2O7. The van der Waals surface area contributed by atoms with Gasteiger partial charge in [0.1, 0.15) is 23.0 Å². The lowest BCUT2D eigenvalue weighted by atomic mass is 10.0. The number of aliphatic carboxylic acids is 1. The Balaban J connectivity index is 1.77. The number of amides is 2. The molecule has 9 nitrogen and oxygen atoms in total. The molecule has 0 unspecified atom stereocenters. The number of hydrogen-bond acceptors (Lipinski definition) is 6. The molecule has 0 fully saturated rings. The summed E-state index contributed by atoms with van der Waals surface area (Å²) in [6, 6.07) is 2.80. The number of carbonyl (C=O) groups excluding carboxylic acids is 2. The maximum atomic E-state index is 12.7. The number of rotatable bonds is 9. The summed E-state index contributed by atoms with van der Waals surface area (Å²) in [5.74, 6) is -1.03. The lowest BCUT2D eigenvalue weighted by Gasteiger charge is -2.17. The van der Waals surface area contributed by atoms with Crippen LogP contribution in [0.2, 0.25) is 0 Å². The summed E-state index contributed by atoms with van der Waals surface area (Å²) in [4.78, 5) is 48.1. The van der Waals surface area contributed by atoms with Gasteiger partial charge in [-0.15, -0.1) is 0 Å². The summed E-state index contributed by atoms with van der Waals surface area (Å²) in [6.45, 7) is 7.53. The van der Waals surface area contributed by atoms with Crippen LogP contribution in [0.1, 0.15) is 48.6 Å². The van der Waals surface area contributed by atoms with Crippen molar-refractivity contribution in [3.05, 3.63) is 45.0 Å². The first-order valence-corrected chi connectivity index (χ1v) is 10.9. The Kier molecular flexibility index (Phi) is 7.20. The van der Waals surface area contributed by atoms with Crippen molar-refractivity contribution >= 4 is 39.7 Å². The van der Waals surface area contributed by atoms with Crippen LogP contribution in [0.25, 0.3) is 21.9 Å². The van der Waals surface area contributed by atoms with E-state index < -0.39 is 29.5 Å². The van der Waals surface area contributed by atoms with Crippen LogP contribution < -0.4 is 16.3 Å². The average Bonchev–Trinajstić information content (AvgIpc) is 3.03. The summed E-state index contributed by atoms with van der Waals surface area (Å²) in [5.41, 5.74) is 2.27. The second-order valence-corrected chi connectivity index (χ2v) is 8.11. The number of benzene rings is 1. The average molecular weight is 456 g/mol. The fourth-order valence-electron chi connectivity index (χ4n) is 3.76. The Morgan fingerprint density at radius 2 is 1.70 bits per heavy atom. The number of fused-ring (bicyclic) bond motifs is 2. The summed E-state index contributed by atoms with van der Waals surface area (Å²) in [5, 5.41) is 15.6. The number of carboxylic acid groups (broad SMARTS) is 1. The van der Waals surface area contributed by atoms with Crippen molar-refractivity contribution in [2.75, 3.05) is 6.54 Å². The van der Waals surface area contributed by atoms with E-state index >= 15 is 0 Å². The Bertz CT molecular complexity index is 1290. The van der Waals surface area contributed by atoms with Crippen molar-refractivity contribution in [1.29, 1.82) is 0 Å². The number of carboxylic acids is 1. The van der Waals surface area contributed by atoms with Gasteiger partial charge in [-0.3, -0.25) is 14.4 Å². The third-order valence-electron chi connectivity index (χ3n) is 5.85. The van der Waals surface area contributed by atoms with Gasteiger partial charge in [-0.25, -0.2) is 4.79 Å². The lowest BCUT2D eigenvalue weighted by Crippen LogP contribution is -2.47. The van der Waals surface area contributed by atoms with Crippen molar-refractivity contribution in [3.8, 4) is 0 Å². The summed E-state index contributed by atoms with van der Waals surface area (Å²) in [6.07, 6.45) is 0.365. The van der Waals surface area contributed by atoms with Gasteiger partial charge in [0.15, 0.2) is 0 Å². The van der Waals surface area contributed by atoms with Gasteiger partial charge in [-0.2, -0.15) is 0 Å². The highest BCUT2D eigenvalue weighted by atomic mass is 16.4. The molecule has 9 heteroatoms. The minimum Gasteiger partial charge on any atom is -0.481 e. The molecule has 1 aromatic carbocycles. The monoisotopic (exact) mass is 456 g/mol. The van der Waals surface area contributed by atoms with E-state index in [-0.39, 0.29) is 24.9 Å². The largest absolute Gasteiger partial charge is 0.481 e. The maximum absolute atomic E-state index is 12.7. The fourth-order valence-corrected chi connectivity index (χ4v) is 3.76. The van der Waals surface area contributed by atoms with Crippen LogP contribution in [0.4, 0.5) is 0 Å². The van der Waals surface area contributed by atoms with Gasteiger partial charge in [-0.1, -0.05) is 6.92 Å². The van der Waals surface area contributed by atoms with Crippen LogP contribution in [-0.4, -0.2) is 35.5 Å². The number of aryl methyl sites for hydroxylation is 3. The Hall–Kier alpha value is -3.62. The zero-order valence-corrected chi connectivity index (χ0v) is 19.2. The van der Waals surface area contributed by atoms with Gasteiger partial charge in [0.25, 0.3) is 0 Å². The van der Waals surface area contributed by atoms with Crippen LogP contribution in [0.15, 0.2) is 25.8 Å². The molecule has 0 saturated carbocycles. The van der Waals surface area contributed by atoms with E-state index in [4.69, 9.17) is 13.9 Å². The quantitative estimate of drug-likeness (QED) is 0.332. The Morgan fingerprint density at radius 3 is 2.36 bits per heavy atom. The molecule has 1 atom stereocenters. The number of furan rings is 1. The smallest absolute Gasteiger partial charge is 0.340 e. The number of hydrogen-bond donors (Lipinski definition) is 3. The van der Waals surface area contributed by atoms with E-state index in [1.54, 1.807) is 19.9 Å². The Morgan fingerprint density at radius 1 is 1.03 bits per heavy atom. The highest BCUT2D eigenvalue weighted by Crippen LogP contribution is 2.31. The molecule has 176 valence electrons. The van der Waals surface area contributed by atoms with Crippen molar-refractivity contribution < 1.29 is 28.3 Å². The van der Waals surface area contributed by atoms with Crippen molar-refractivity contribution in [2.45, 2.75) is 59.4 Å². The first-order chi connectivity index (χ1) is 15.6. The number of carbonyl (C=O) groups is 3. The molecule has 3 N–H and O–H groups in total. The van der Waals surface area contributed by atoms with Crippen molar-refractivity contribution in [2.24, 2.45) is 0 Å². The molecular weight excluding hydrogens is 428 g/mol. The molecule has 0 aliphatic heterocycles. The normalized spacial score (nSPS) is 12.1. The van der Waals surface area contributed by atoms with Gasteiger partial charge < -0.3 is 24.6 Å². The van der Waals surface area contributed by atoms with Crippen LogP contribution in [0.5, 0.6) is 0 Å². The molecule has 2 amide bonds. The highest BCUT2D eigenvalue weighted by molar-refractivity contribution is 5.97. The molecule has 2 heterocycles. The second kappa shape index (κ2) is 9.89. The molecule has 2 aromatic heterocycles. The number of nitrogens with one attached hydrogen (secondary N) is 2. The summed E-state index contributed by atoms with van der Waals surface area (Å²) >= 11 is 0. The van der Waals surface area contributed by atoms with E-state index in [0.29, 0.717) is 29.6 Å². The second-order valence-electron chi connectivity index (χ2n) is 8.11. The summed E-state index contributed by atoms with van der Waals surface area (Å²) in [7, 11) is 0. The minimum atomic E-state index is -0.937. The molecule has 0 bridgehead atoms. The first-order valence-electron chi connectivity index (χ1n) is 10.9. The third kappa shape index (κ3) is 5.24. The Labute approximate surface area is 190 Å². The van der Waals surface area contributed by atoms with Gasteiger partial charge >= 0.3 is 11.6 Å². The highest BCUT2D eigenvalue weighted by Gasteiger charge is 2.22. The molecule has 0 saturated heterocycles. The molecule has 0 spiro atoms. The fraction of sp³-hybridized carbons (Fsp3) is 0.417. The first kappa shape index (κ1) is 24.0. The van der Waals surface area contributed by atoms with Crippen LogP contribution in [0.3, 0.4) is 0 Å². The van der Waals surface area contributed by atoms with Crippen molar-refractivity contribution in [3.63, 3.8) is 0 Å². The zero-order chi connectivity index (χ0) is 24.3. The van der Waals surface area contributed by atoms with Gasteiger partial charge in [0.2, 0.25) is 11.8 Å². The van der Waals surface area contributed by atoms with Gasteiger partial charge in [0.05, 0.1) is 12.0 Å². The third-order valence-corrected chi connectivity index (χ3v) is 5.85. The topological polar surface area (TPSA) is 139 Å². The van der Waals surface area contributed by atoms with E-state index in [2.05, 4.69) is 10.6 Å². The standard InChI is InChI=1S/C24H28N2O7/c1-5-18(23(30)25-8-6-7-22(28)29)26-21(27)10-17-13(3)16-9-15-12(2)14(4)32-19(15)11-20(16)33-24(17)31/h9,11,18H,5-8,10H2,1-4H3,(H,25,30)(H,26,27)(H,28,29)/t18-/m0/s1. The predicted octanol–water partition coefficient (Wildman–Crippen LogP) is 2.88. The molecule has 0 aliphatic carbocycles. The molecule has 3 aromatic rings. The van der Waals surface area contributed by atoms with Crippen LogP contribution >= 0.6 is 0 Å². The van der Waals surface area contributed by atoms with Gasteiger partial charge in [-0.05, 0) is 50.8 Å². The van der Waals surface area contributed by atoms with E-state index in [9.17, 15) is 19.2 Å². The predicted molar refractivity (Wildman–Crippen MR) is 122 cm³/mol. The SMILES string of the molecule is CC[C@H](NC(=O)Cc1c(C)c2cc3c(C)c(C)oc3cc2oc1=O)C(=O)NCCCC(=O)O. The van der Waals surface area contributed by atoms with E-state index in [0.717, 1.165) is 22.1 Å². The van der Waals surface area contributed by atoms with E-state index in [1.807, 2.05) is 19.9 Å². The molecule has 33 heavy (non-hydrogen) atoms. The summed E-state index contributed by atoms with van der Waals surface area (Å²) < 4.78 is 11.2. The van der Waals surface area contributed by atoms with Crippen molar-refractivity contribution in [1.82, 2.24) is 10.6 Å².